The summed E-state index contributed by atoms with van der Waals surface area (Å²) in [6.45, 7) is 10.2. The summed E-state index contributed by atoms with van der Waals surface area (Å²) >= 11 is 0. The molecule has 0 spiro atoms. The van der Waals surface area contributed by atoms with Crippen molar-refractivity contribution in [1.82, 2.24) is 9.88 Å². The van der Waals surface area contributed by atoms with Gasteiger partial charge >= 0.3 is 5.97 Å². The number of nitrogens with one attached hydrogen (secondary N) is 1. The number of carbonyl (C=O) groups excluding carboxylic acids is 1. The molecule has 0 radical (unpaired) electrons. The van der Waals surface area contributed by atoms with E-state index in [1.54, 1.807) is 13.4 Å². The fourth-order valence-corrected chi connectivity index (χ4v) is 6.65. The number of methoxy groups -OCH3 is 1. The molecule has 2 aliphatic carbocycles. The summed E-state index contributed by atoms with van der Waals surface area (Å²) in [5.74, 6) is 0.497. The third kappa shape index (κ3) is 3.61. The Morgan fingerprint density at radius 3 is 2.83 bits per heavy atom. The van der Waals surface area contributed by atoms with Crippen LogP contribution in [-0.4, -0.2) is 62.6 Å². The van der Waals surface area contributed by atoms with Gasteiger partial charge in [0.1, 0.15) is 30.4 Å². The van der Waals surface area contributed by atoms with Gasteiger partial charge in [-0.05, 0) is 58.4 Å². The number of H-pyrrole nitrogens is 1. The average Bonchev–Trinajstić information content (AvgIpc) is 3.45. The van der Waals surface area contributed by atoms with Crippen molar-refractivity contribution in [2.24, 2.45) is 5.41 Å². The topological polar surface area (TPSA) is 86.2 Å². The Labute approximate surface area is 206 Å². The minimum atomic E-state index is -0.584. The average molecular weight is 485 g/mol. The third-order valence-corrected chi connectivity index (χ3v) is 8.25. The monoisotopic (exact) mass is 484 g/mol. The molecule has 1 saturated heterocycles. The molecule has 0 saturated carbocycles. The molecule has 8 heteroatoms. The SMILES string of the molecule is COCO[C@@H]1C[C@@]23CN(C)CCO[C@@]2(CC=C3[C@@H](C)OC(=O)c2c(C)[nH]c(C)c2C)c2ccoc21. The third-order valence-electron chi connectivity index (χ3n) is 8.25. The lowest BCUT2D eigenvalue weighted by Crippen LogP contribution is -2.54. The molecule has 0 aromatic carbocycles. The van der Waals surface area contributed by atoms with Crippen LogP contribution in [0.1, 0.15) is 64.5 Å². The highest BCUT2D eigenvalue weighted by atomic mass is 16.7. The number of likely N-dealkylation sites (N-methyl/N-ethyl adjacent to an activating group) is 1. The quantitative estimate of drug-likeness (QED) is 0.371. The van der Waals surface area contributed by atoms with Crippen molar-refractivity contribution < 1.29 is 28.2 Å². The summed E-state index contributed by atoms with van der Waals surface area (Å²) in [6.07, 6.45) is 4.57. The highest BCUT2D eigenvalue weighted by molar-refractivity contribution is 5.93. The van der Waals surface area contributed by atoms with Crippen LogP contribution in [0, 0.1) is 26.2 Å². The number of nitrogens with zero attached hydrogens (tertiary/aromatic N) is 1. The maximum Gasteiger partial charge on any atom is 0.340 e. The Kier molecular flexibility index (Phi) is 6.20. The van der Waals surface area contributed by atoms with Gasteiger partial charge in [0, 0.05) is 49.0 Å². The van der Waals surface area contributed by atoms with E-state index in [4.69, 9.17) is 23.4 Å². The van der Waals surface area contributed by atoms with Gasteiger partial charge in [0.25, 0.3) is 0 Å². The number of ether oxygens (including phenoxy) is 4. The Morgan fingerprint density at radius 2 is 2.11 bits per heavy atom. The number of aromatic amines is 1. The van der Waals surface area contributed by atoms with E-state index >= 15 is 0 Å². The molecule has 35 heavy (non-hydrogen) atoms. The zero-order valence-electron chi connectivity index (χ0n) is 21.5. The number of esters is 1. The minimum Gasteiger partial charge on any atom is -0.466 e. The van der Waals surface area contributed by atoms with Crippen LogP contribution in [0.2, 0.25) is 0 Å². The van der Waals surface area contributed by atoms with Crippen molar-refractivity contribution in [3.05, 3.63) is 57.8 Å². The first kappa shape index (κ1) is 24.3. The summed E-state index contributed by atoms with van der Waals surface area (Å²) in [6, 6.07) is 2.01. The molecule has 190 valence electrons. The van der Waals surface area contributed by atoms with Crippen molar-refractivity contribution in [3.63, 3.8) is 0 Å². The normalized spacial score (nSPS) is 29.1. The summed E-state index contributed by atoms with van der Waals surface area (Å²) in [4.78, 5) is 18.9. The molecular formula is C27H36N2O6. The van der Waals surface area contributed by atoms with E-state index in [0.29, 0.717) is 25.0 Å². The van der Waals surface area contributed by atoms with Crippen LogP contribution in [0.4, 0.5) is 0 Å². The summed E-state index contributed by atoms with van der Waals surface area (Å²) in [5.41, 5.74) is 4.45. The molecule has 5 rings (SSSR count). The molecule has 1 aliphatic heterocycles. The number of rotatable bonds is 6. The fraction of sp³-hybridized carbons (Fsp3) is 0.593. The first-order valence-electron chi connectivity index (χ1n) is 12.3. The lowest BCUT2D eigenvalue weighted by molar-refractivity contribution is -0.160. The second kappa shape index (κ2) is 8.92. The first-order valence-corrected chi connectivity index (χ1v) is 12.3. The Balaban J connectivity index is 1.54. The molecule has 4 atom stereocenters. The summed E-state index contributed by atoms with van der Waals surface area (Å²) in [7, 11) is 3.73. The molecule has 0 amide bonds. The predicted octanol–water partition coefficient (Wildman–Crippen LogP) is 4.32. The van der Waals surface area contributed by atoms with Crippen LogP contribution in [-0.2, 0) is 24.5 Å². The zero-order chi connectivity index (χ0) is 25.0. The van der Waals surface area contributed by atoms with Gasteiger partial charge in [-0.25, -0.2) is 4.79 Å². The molecule has 3 heterocycles. The largest absolute Gasteiger partial charge is 0.466 e. The minimum absolute atomic E-state index is 0.166. The molecule has 3 aliphatic rings. The van der Waals surface area contributed by atoms with E-state index in [2.05, 4.69) is 23.0 Å². The van der Waals surface area contributed by atoms with E-state index in [0.717, 1.165) is 46.9 Å². The van der Waals surface area contributed by atoms with Crippen LogP contribution in [0.25, 0.3) is 0 Å². The lowest BCUT2D eigenvalue weighted by atomic mass is 9.59. The van der Waals surface area contributed by atoms with Gasteiger partial charge in [0.2, 0.25) is 0 Å². The number of hydrogen-bond donors (Lipinski definition) is 1. The van der Waals surface area contributed by atoms with E-state index in [9.17, 15) is 4.79 Å². The molecule has 2 aromatic rings. The summed E-state index contributed by atoms with van der Waals surface area (Å²) in [5, 5.41) is 0. The molecule has 1 N–H and O–H groups in total. The van der Waals surface area contributed by atoms with E-state index in [-0.39, 0.29) is 18.9 Å². The fourth-order valence-electron chi connectivity index (χ4n) is 6.65. The first-order chi connectivity index (χ1) is 16.7. The highest BCUT2D eigenvalue weighted by Crippen LogP contribution is 2.65. The molecule has 1 fully saturated rings. The van der Waals surface area contributed by atoms with E-state index in [1.807, 2.05) is 33.8 Å². The smallest absolute Gasteiger partial charge is 0.340 e. The van der Waals surface area contributed by atoms with Crippen molar-refractivity contribution in [1.29, 1.82) is 0 Å². The van der Waals surface area contributed by atoms with Gasteiger partial charge in [0.05, 0.1) is 18.4 Å². The standard InChI is InChI=1S/C27H36N2O6/c1-16-17(2)28-18(3)23(16)25(30)35-19(4)20-7-9-27-21-8-11-32-24(21)22(33-15-31-6)13-26(20,27)14-29(5)10-12-34-27/h7-8,11,19,22,28H,9-10,12-15H2,1-6H3/t19-,22-,26+,27+/m1/s1. The van der Waals surface area contributed by atoms with Gasteiger partial charge in [0.15, 0.2) is 0 Å². The molecular weight excluding hydrogens is 448 g/mol. The second-order valence-electron chi connectivity index (χ2n) is 10.2. The van der Waals surface area contributed by atoms with Gasteiger partial charge < -0.3 is 33.2 Å². The van der Waals surface area contributed by atoms with Gasteiger partial charge in [-0.3, -0.25) is 0 Å². The van der Waals surface area contributed by atoms with Crippen molar-refractivity contribution >= 4 is 5.97 Å². The van der Waals surface area contributed by atoms with Crippen molar-refractivity contribution in [3.8, 4) is 0 Å². The highest BCUT2D eigenvalue weighted by Gasteiger charge is 2.65. The van der Waals surface area contributed by atoms with Crippen LogP contribution in [0.3, 0.4) is 0 Å². The van der Waals surface area contributed by atoms with Crippen molar-refractivity contribution in [2.75, 3.05) is 40.6 Å². The number of aryl methyl sites for hydroxylation is 2. The number of furan rings is 1. The van der Waals surface area contributed by atoms with Crippen LogP contribution >= 0.6 is 0 Å². The number of hydrogen-bond acceptors (Lipinski definition) is 7. The molecule has 8 nitrogen and oxygen atoms in total. The van der Waals surface area contributed by atoms with Crippen LogP contribution in [0.5, 0.6) is 0 Å². The zero-order valence-corrected chi connectivity index (χ0v) is 21.5. The lowest BCUT2D eigenvalue weighted by Gasteiger charge is -2.52. The number of fused-ring (bicyclic) bond motifs is 1. The van der Waals surface area contributed by atoms with Gasteiger partial charge in [-0.1, -0.05) is 6.08 Å². The number of carbonyl (C=O) groups is 1. The van der Waals surface area contributed by atoms with Crippen molar-refractivity contribution in [2.45, 2.75) is 58.3 Å². The Morgan fingerprint density at radius 1 is 1.31 bits per heavy atom. The predicted molar refractivity (Wildman–Crippen MR) is 129 cm³/mol. The maximum atomic E-state index is 13.3. The molecule has 2 aromatic heterocycles. The van der Waals surface area contributed by atoms with Gasteiger partial charge in [-0.2, -0.15) is 0 Å². The van der Waals surface area contributed by atoms with Crippen LogP contribution < -0.4 is 0 Å². The van der Waals surface area contributed by atoms with Gasteiger partial charge in [-0.15, -0.1) is 0 Å². The summed E-state index contributed by atoms with van der Waals surface area (Å²) < 4.78 is 30.2. The van der Waals surface area contributed by atoms with E-state index in [1.165, 1.54) is 0 Å². The van der Waals surface area contributed by atoms with Crippen LogP contribution in [0.15, 0.2) is 28.4 Å². The second-order valence-corrected chi connectivity index (χ2v) is 10.2. The maximum absolute atomic E-state index is 13.3. The van der Waals surface area contributed by atoms with E-state index < -0.39 is 17.1 Å². The Bertz CT molecular complexity index is 1150. The Hall–Kier alpha value is -2.39. The number of aromatic nitrogens is 1. The molecule has 0 bridgehead atoms. The molecule has 0 unspecified atom stereocenters.